The maximum absolute atomic E-state index is 8.79. The molecule has 1 aliphatic carbocycles. The Morgan fingerprint density at radius 3 is 2.81 bits per heavy atom. The third-order valence-electron chi connectivity index (χ3n) is 2.74. The summed E-state index contributed by atoms with van der Waals surface area (Å²) < 4.78 is 5.68. The predicted octanol–water partition coefficient (Wildman–Crippen LogP) is 3.05. The van der Waals surface area contributed by atoms with Crippen LogP contribution >= 0.6 is 11.6 Å². The molecule has 3 heteroatoms. The van der Waals surface area contributed by atoms with Crippen LogP contribution in [0.25, 0.3) is 0 Å². The van der Waals surface area contributed by atoms with Crippen molar-refractivity contribution in [3.63, 3.8) is 0 Å². The van der Waals surface area contributed by atoms with Gasteiger partial charge in [0.25, 0.3) is 0 Å². The minimum absolute atomic E-state index is 0.213. The highest BCUT2D eigenvalue weighted by atomic mass is 35.5. The molecule has 0 radical (unpaired) electrons. The molecule has 0 unspecified atom stereocenters. The van der Waals surface area contributed by atoms with Gasteiger partial charge in [-0.2, -0.15) is 0 Å². The van der Waals surface area contributed by atoms with Gasteiger partial charge in [0.05, 0.1) is 6.61 Å². The van der Waals surface area contributed by atoms with Crippen LogP contribution in [0.5, 0.6) is 5.75 Å². The van der Waals surface area contributed by atoms with Gasteiger partial charge >= 0.3 is 0 Å². The second-order valence-corrected chi connectivity index (χ2v) is 4.81. The fourth-order valence-corrected chi connectivity index (χ4v) is 1.88. The minimum atomic E-state index is 0.213. The monoisotopic (exact) mass is 240 g/mol. The molecule has 0 atom stereocenters. The van der Waals surface area contributed by atoms with Crippen LogP contribution in [0.15, 0.2) is 18.2 Å². The Labute approximate surface area is 101 Å². The maximum atomic E-state index is 8.79. The lowest BCUT2D eigenvalue weighted by molar-refractivity contribution is 0.287. The molecule has 1 aromatic rings. The molecular formula is C13H17ClO2. The fourth-order valence-electron chi connectivity index (χ4n) is 1.63. The Kier molecular flexibility index (Phi) is 4.08. The molecule has 0 saturated heterocycles. The summed E-state index contributed by atoms with van der Waals surface area (Å²) >= 11 is 6.02. The predicted molar refractivity (Wildman–Crippen MR) is 65.1 cm³/mol. The van der Waals surface area contributed by atoms with Gasteiger partial charge in [0, 0.05) is 11.6 Å². The molecule has 88 valence electrons. The minimum Gasteiger partial charge on any atom is -0.493 e. The molecule has 0 spiro atoms. The van der Waals surface area contributed by atoms with Crippen LogP contribution in [0.4, 0.5) is 0 Å². The summed E-state index contributed by atoms with van der Waals surface area (Å²) in [5, 5.41) is 9.50. The van der Waals surface area contributed by atoms with Crippen LogP contribution in [-0.4, -0.2) is 18.3 Å². The summed E-state index contributed by atoms with van der Waals surface area (Å²) in [6.07, 6.45) is 4.19. The van der Waals surface area contributed by atoms with Gasteiger partial charge in [-0.05, 0) is 55.4 Å². The van der Waals surface area contributed by atoms with E-state index in [1.165, 1.54) is 12.8 Å². The zero-order valence-corrected chi connectivity index (χ0v) is 10.0. The molecule has 16 heavy (non-hydrogen) atoms. The summed E-state index contributed by atoms with van der Waals surface area (Å²) in [5.74, 6) is 1.60. The van der Waals surface area contributed by atoms with Crippen molar-refractivity contribution in [1.82, 2.24) is 0 Å². The van der Waals surface area contributed by atoms with Crippen LogP contribution in [0.3, 0.4) is 0 Å². The highest BCUT2D eigenvalue weighted by molar-refractivity contribution is 6.30. The standard InChI is InChI=1S/C13H17ClO2/c14-12-6-11(2-1-5-15)7-13(8-12)16-9-10-3-4-10/h6-8,10,15H,1-5,9H2. The number of benzene rings is 1. The molecule has 0 amide bonds. The van der Waals surface area contributed by atoms with Crippen molar-refractivity contribution in [2.75, 3.05) is 13.2 Å². The summed E-state index contributed by atoms with van der Waals surface area (Å²) in [7, 11) is 0. The molecule has 1 aliphatic rings. The molecule has 0 aliphatic heterocycles. The highest BCUT2D eigenvalue weighted by Gasteiger charge is 2.21. The first-order valence-corrected chi connectivity index (χ1v) is 6.19. The summed E-state index contributed by atoms with van der Waals surface area (Å²) in [6.45, 7) is 1.02. The van der Waals surface area contributed by atoms with Crippen molar-refractivity contribution in [2.24, 2.45) is 5.92 Å². The zero-order valence-electron chi connectivity index (χ0n) is 9.29. The Morgan fingerprint density at radius 1 is 1.31 bits per heavy atom. The molecule has 0 aromatic heterocycles. The molecule has 1 fully saturated rings. The van der Waals surface area contributed by atoms with E-state index in [0.717, 1.165) is 36.7 Å². The van der Waals surface area contributed by atoms with E-state index in [0.29, 0.717) is 5.02 Å². The first-order chi connectivity index (χ1) is 7.78. The number of ether oxygens (including phenoxy) is 1. The van der Waals surface area contributed by atoms with Gasteiger partial charge in [-0.15, -0.1) is 0 Å². The normalized spacial score (nSPS) is 15.1. The first-order valence-electron chi connectivity index (χ1n) is 5.81. The Balaban J connectivity index is 1.96. The van der Waals surface area contributed by atoms with Gasteiger partial charge < -0.3 is 9.84 Å². The Bertz CT molecular complexity index is 348. The van der Waals surface area contributed by atoms with Crippen LogP contribution < -0.4 is 4.74 Å². The molecule has 1 aromatic carbocycles. The molecule has 0 heterocycles. The average molecular weight is 241 g/mol. The van der Waals surface area contributed by atoms with Gasteiger partial charge in [0.2, 0.25) is 0 Å². The largest absolute Gasteiger partial charge is 0.493 e. The van der Waals surface area contributed by atoms with E-state index < -0.39 is 0 Å². The van der Waals surface area contributed by atoms with Gasteiger partial charge in [-0.25, -0.2) is 0 Å². The second-order valence-electron chi connectivity index (χ2n) is 4.38. The van der Waals surface area contributed by atoms with Gasteiger partial charge in [0.1, 0.15) is 5.75 Å². The van der Waals surface area contributed by atoms with Crippen molar-refractivity contribution in [3.8, 4) is 5.75 Å². The number of aliphatic hydroxyl groups excluding tert-OH is 1. The van der Waals surface area contributed by atoms with Crippen molar-refractivity contribution >= 4 is 11.6 Å². The summed E-state index contributed by atoms with van der Waals surface area (Å²) in [6, 6.07) is 5.80. The van der Waals surface area contributed by atoms with Gasteiger partial charge in [0.15, 0.2) is 0 Å². The van der Waals surface area contributed by atoms with E-state index in [2.05, 4.69) is 0 Å². The van der Waals surface area contributed by atoms with E-state index in [1.807, 2.05) is 18.2 Å². The number of hydrogen-bond acceptors (Lipinski definition) is 2. The Morgan fingerprint density at radius 2 is 2.12 bits per heavy atom. The molecule has 1 N–H and O–H groups in total. The number of aryl methyl sites for hydroxylation is 1. The SMILES string of the molecule is OCCCc1cc(Cl)cc(OCC2CC2)c1. The van der Waals surface area contributed by atoms with Crippen LogP contribution in [0.1, 0.15) is 24.8 Å². The Hall–Kier alpha value is -0.730. The van der Waals surface area contributed by atoms with Crippen molar-refractivity contribution < 1.29 is 9.84 Å². The molecule has 1 saturated carbocycles. The van der Waals surface area contributed by atoms with Crippen molar-refractivity contribution in [3.05, 3.63) is 28.8 Å². The number of halogens is 1. The zero-order chi connectivity index (χ0) is 11.4. The lowest BCUT2D eigenvalue weighted by Crippen LogP contribution is -1.99. The summed E-state index contributed by atoms with van der Waals surface area (Å²) in [5.41, 5.74) is 1.13. The lowest BCUT2D eigenvalue weighted by Gasteiger charge is -2.08. The number of hydrogen-bond donors (Lipinski definition) is 1. The van der Waals surface area contributed by atoms with E-state index in [9.17, 15) is 0 Å². The van der Waals surface area contributed by atoms with Gasteiger partial charge in [-0.1, -0.05) is 11.6 Å². The quantitative estimate of drug-likeness (QED) is 0.828. The van der Waals surface area contributed by atoms with Crippen LogP contribution in [0.2, 0.25) is 5.02 Å². The number of aliphatic hydroxyl groups is 1. The fraction of sp³-hybridized carbons (Fsp3) is 0.538. The molecule has 2 nitrogen and oxygen atoms in total. The van der Waals surface area contributed by atoms with Crippen LogP contribution in [0, 0.1) is 5.92 Å². The van der Waals surface area contributed by atoms with Crippen molar-refractivity contribution in [1.29, 1.82) is 0 Å². The third-order valence-corrected chi connectivity index (χ3v) is 2.96. The summed E-state index contributed by atoms with van der Waals surface area (Å²) in [4.78, 5) is 0. The topological polar surface area (TPSA) is 29.5 Å². The second kappa shape index (κ2) is 5.55. The average Bonchev–Trinajstić information content (AvgIpc) is 3.07. The van der Waals surface area contributed by atoms with E-state index in [-0.39, 0.29) is 6.61 Å². The molecule has 2 rings (SSSR count). The van der Waals surface area contributed by atoms with E-state index in [4.69, 9.17) is 21.4 Å². The van der Waals surface area contributed by atoms with Crippen molar-refractivity contribution in [2.45, 2.75) is 25.7 Å². The lowest BCUT2D eigenvalue weighted by atomic mass is 10.1. The smallest absolute Gasteiger partial charge is 0.121 e. The number of rotatable bonds is 6. The third kappa shape index (κ3) is 3.69. The van der Waals surface area contributed by atoms with Crippen LogP contribution in [-0.2, 0) is 6.42 Å². The highest BCUT2D eigenvalue weighted by Crippen LogP contribution is 2.30. The van der Waals surface area contributed by atoms with E-state index >= 15 is 0 Å². The van der Waals surface area contributed by atoms with E-state index in [1.54, 1.807) is 0 Å². The molecular weight excluding hydrogens is 224 g/mol. The maximum Gasteiger partial charge on any atom is 0.121 e. The first kappa shape index (κ1) is 11.7. The molecule has 0 bridgehead atoms. The van der Waals surface area contributed by atoms with Gasteiger partial charge in [-0.3, -0.25) is 0 Å².